The second-order valence-electron chi connectivity index (χ2n) is 1.27. The van der Waals surface area contributed by atoms with Gasteiger partial charge in [-0.3, -0.25) is 4.79 Å². The normalized spacial score (nSPS) is 19.0. The van der Waals surface area contributed by atoms with E-state index in [4.69, 9.17) is 6.85 Å². The highest BCUT2D eigenvalue weighted by molar-refractivity contribution is 9.10. The molecule has 1 aromatic rings. The summed E-state index contributed by atoms with van der Waals surface area (Å²) in [6.45, 7) is -2.77. The predicted molar refractivity (Wildman–Crippen MR) is 37.2 cm³/mol. The minimum Gasteiger partial charge on any atom is -0.315 e. The summed E-state index contributed by atoms with van der Waals surface area (Å²) in [5.74, 6) is 0. The molecule has 0 fully saturated rings. The van der Waals surface area contributed by atoms with Gasteiger partial charge in [0.1, 0.15) is 4.60 Å². The fraction of sp³-hybridized carbons (Fsp3) is 0.200. The van der Waals surface area contributed by atoms with Gasteiger partial charge in [-0.2, -0.15) is 0 Å². The van der Waals surface area contributed by atoms with Crippen LogP contribution in [0.3, 0.4) is 0 Å². The van der Waals surface area contributed by atoms with Gasteiger partial charge >= 0.3 is 0 Å². The zero-order chi connectivity index (χ0) is 11.1. The molecule has 0 saturated heterocycles. The van der Waals surface area contributed by atoms with Gasteiger partial charge in [-0.1, -0.05) is 0 Å². The maximum atomic E-state index is 11.2. The summed E-state index contributed by atoms with van der Waals surface area (Å²) in [4.78, 5) is 14.6. The van der Waals surface area contributed by atoms with Crippen molar-refractivity contribution in [1.82, 2.24) is 9.55 Å². The van der Waals surface area contributed by atoms with E-state index in [0.717, 1.165) is 0 Å². The number of hydrogen-bond donors (Lipinski definition) is 0. The summed E-state index contributed by atoms with van der Waals surface area (Å²) in [6, 6.07) is 0. The Morgan fingerprint density at radius 2 is 2.89 bits per heavy atom. The highest BCUT2D eigenvalue weighted by Crippen LogP contribution is 1.98. The van der Waals surface area contributed by atoms with E-state index in [9.17, 15) is 4.79 Å². The van der Waals surface area contributed by atoms with Crippen molar-refractivity contribution in [3.8, 4) is 0 Å². The molecule has 0 bridgehead atoms. The molecule has 0 unspecified atom stereocenters. The van der Waals surface area contributed by atoms with Crippen molar-refractivity contribution in [3.05, 3.63) is 27.3 Å². The van der Waals surface area contributed by atoms with Crippen molar-refractivity contribution in [2.75, 3.05) is 0 Å². The van der Waals surface area contributed by atoms with Crippen LogP contribution in [0.5, 0.6) is 0 Å². The Morgan fingerprint density at radius 3 is 3.56 bits per heavy atom. The van der Waals surface area contributed by atoms with Crippen LogP contribution in [-0.4, -0.2) is 9.55 Å². The fourth-order valence-electron chi connectivity index (χ4n) is 0.315. The molecule has 9 heavy (non-hydrogen) atoms. The fourth-order valence-corrected chi connectivity index (χ4v) is 0.581. The van der Waals surface area contributed by atoms with E-state index in [2.05, 4.69) is 20.9 Å². The summed E-state index contributed by atoms with van der Waals surface area (Å²) in [7, 11) is 0. The molecule has 48 valence electrons. The van der Waals surface area contributed by atoms with E-state index in [1.165, 1.54) is 0 Å². The van der Waals surface area contributed by atoms with Crippen LogP contribution in [0.4, 0.5) is 0 Å². The zero-order valence-electron chi connectivity index (χ0n) is 9.18. The Bertz CT molecular complexity index is 425. The first kappa shape index (κ1) is 2.54. The lowest BCUT2D eigenvalue weighted by Crippen LogP contribution is -2.14. The third kappa shape index (κ3) is 1.38. The Hall–Kier alpha value is -0.640. The molecule has 0 aromatic carbocycles. The van der Waals surface area contributed by atoms with Crippen molar-refractivity contribution in [2.24, 2.45) is 6.98 Å². The van der Waals surface area contributed by atoms with E-state index in [0.29, 0.717) is 0 Å². The predicted octanol–water partition coefficient (Wildman–Crippen LogP) is 0.543. The molecule has 0 N–H and O–H groups in total. The minimum absolute atomic E-state index is 0.141. The van der Waals surface area contributed by atoms with E-state index in [1.807, 2.05) is 0 Å². The highest BCUT2D eigenvalue weighted by Gasteiger charge is 1.89. The van der Waals surface area contributed by atoms with Crippen molar-refractivity contribution in [2.45, 2.75) is 0 Å². The molecule has 3 nitrogen and oxygen atoms in total. The zero-order valence-corrected chi connectivity index (χ0v) is 5.77. The maximum Gasteiger partial charge on any atom is 0.268 e. The lowest BCUT2D eigenvalue weighted by atomic mass is 10.7. The number of aromatic nitrogens is 2. The molecule has 1 rings (SSSR count). The molecule has 0 spiro atoms. The molecular weight excluding hydrogens is 184 g/mol. The largest absolute Gasteiger partial charge is 0.315 e. The maximum absolute atomic E-state index is 11.2. The summed E-state index contributed by atoms with van der Waals surface area (Å²) < 4.78 is 35.4. The monoisotopic (exact) mass is 193 g/mol. The van der Waals surface area contributed by atoms with Gasteiger partial charge in [-0.15, -0.1) is 0 Å². The minimum atomic E-state index is -2.77. The molecule has 1 aromatic heterocycles. The van der Waals surface area contributed by atoms with Crippen LogP contribution in [-0.2, 0) is 6.98 Å². The van der Waals surface area contributed by atoms with Gasteiger partial charge in [-0.05, 0) is 15.9 Å². The third-order valence-corrected chi connectivity index (χ3v) is 1.01. The van der Waals surface area contributed by atoms with Gasteiger partial charge in [0.2, 0.25) is 0 Å². The lowest BCUT2D eigenvalue weighted by Gasteiger charge is -1.92. The molecule has 1 heterocycles. The van der Waals surface area contributed by atoms with Gasteiger partial charge in [0.05, 0.1) is 8.91 Å². The average molecular weight is 194 g/mol. The summed E-state index contributed by atoms with van der Waals surface area (Å²) >= 11 is 2.80. The molecule has 0 radical (unpaired) electrons. The Morgan fingerprint density at radius 1 is 2.11 bits per heavy atom. The first-order valence-corrected chi connectivity index (χ1v) is 2.80. The number of rotatable bonds is 0. The van der Waals surface area contributed by atoms with Gasteiger partial charge in [-0.25, -0.2) is 4.98 Å². The standard InChI is InChI=1S/C5H5BrN2O/c1-8-3-4(6)7-2-5(8)9/h2-3H,1H3/i1D3,2D,3D. The first-order chi connectivity index (χ1) is 6.25. The average Bonchev–Trinajstić information content (AvgIpc) is 1.98. The summed E-state index contributed by atoms with van der Waals surface area (Å²) in [6.07, 6.45) is -1.27. The van der Waals surface area contributed by atoms with E-state index < -0.39 is 24.9 Å². The van der Waals surface area contributed by atoms with Crippen molar-refractivity contribution in [3.63, 3.8) is 0 Å². The number of nitrogens with zero attached hydrogens (tertiary/aromatic N) is 2. The molecule has 0 aliphatic heterocycles. The lowest BCUT2D eigenvalue weighted by molar-refractivity contribution is 0.832. The Kier molecular flexibility index (Phi) is 0.650. The quantitative estimate of drug-likeness (QED) is 0.604. The van der Waals surface area contributed by atoms with Crippen LogP contribution in [0, 0.1) is 0 Å². The van der Waals surface area contributed by atoms with E-state index in [1.54, 1.807) is 0 Å². The number of hydrogen-bond acceptors (Lipinski definition) is 2. The summed E-state index contributed by atoms with van der Waals surface area (Å²) in [5.41, 5.74) is -1.10. The molecule has 0 aliphatic carbocycles. The van der Waals surface area contributed by atoms with Crippen LogP contribution in [0.1, 0.15) is 6.85 Å². The van der Waals surface area contributed by atoms with Crippen LogP contribution in [0.15, 0.2) is 21.7 Å². The van der Waals surface area contributed by atoms with Gasteiger partial charge in [0, 0.05) is 17.3 Å². The SMILES string of the molecule is [2H]c1nc(Br)c([2H])n(C([2H])([2H])[2H])c1=O. The molecule has 0 aliphatic rings. The third-order valence-electron chi connectivity index (χ3n) is 0.657. The van der Waals surface area contributed by atoms with Crippen molar-refractivity contribution < 1.29 is 6.85 Å². The highest BCUT2D eigenvalue weighted by atomic mass is 79.9. The first-order valence-electron chi connectivity index (χ1n) is 4.51. The van der Waals surface area contributed by atoms with Gasteiger partial charge < -0.3 is 4.57 Å². The number of halogens is 1. The van der Waals surface area contributed by atoms with Crippen LogP contribution < -0.4 is 5.56 Å². The second-order valence-corrected chi connectivity index (χ2v) is 2.02. The van der Waals surface area contributed by atoms with Gasteiger partial charge in [0.15, 0.2) is 0 Å². The van der Waals surface area contributed by atoms with Crippen molar-refractivity contribution in [1.29, 1.82) is 0 Å². The molecule has 4 heteroatoms. The van der Waals surface area contributed by atoms with Crippen LogP contribution in [0.2, 0.25) is 0 Å². The Balaban J connectivity index is 3.65. The molecular formula is C5H5BrN2O. The molecule has 0 atom stereocenters. The summed E-state index contributed by atoms with van der Waals surface area (Å²) in [5, 5.41) is 0. The Labute approximate surface area is 67.5 Å². The van der Waals surface area contributed by atoms with E-state index >= 15 is 0 Å². The smallest absolute Gasteiger partial charge is 0.268 e. The van der Waals surface area contributed by atoms with Crippen molar-refractivity contribution >= 4 is 15.9 Å². The van der Waals surface area contributed by atoms with E-state index in [-0.39, 0.29) is 9.17 Å². The second kappa shape index (κ2) is 2.31. The molecule has 0 amide bonds. The van der Waals surface area contributed by atoms with Gasteiger partial charge in [0.25, 0.3) is 5.56 Å². The molecule has 0 saturated carbocycles. The van der Waals surface area contributed by atoms with Crippen LogP contribution in [0.25, 0.3) is 0 Å². The van der Waals surface area contributed by atoms with Crippen LogP contribution >= 0.6 is 15.9 Å². The topological polar surface area (TPSA) is 34.9 Å².